The largest absolute Gasteiger partial charge is 0.391 e. The monoisotopic (exact) mass is 371 g/mol. The normalized spacial score (nSPS) is 16.3. The highest BCUT2D eigenvalue weighted by Crippen LogP contribution is 2.19. The van der Waals surface area contributed by atoms with Crippen LogP contribution in [0.3, 0.4) is 0 Å². The quantitative estimate of drug-likeness (QED) is 0.705. The zero-order valence-corrected chi connectivity index (χ0v) is 15.5. The third-order valence-electron chi connectivity index (χ3n) is 4.79. The third-order valence-corrected chi connectivity index (χ3v) is 4.79. The number of carbonyl (C=O) groups is 1. The molecule has 1 aromatic heterocycles. The molecule has 5 nitrogen and oxygen atoms in total. The molecular weight excluding hydrogens is 350 g/mol. The summed E-state index contributed by atoms with van der Waals surface area (Å²) in [5.74, 6) is 6.28. The van der Waals surface area contributed by atoms with Crippen molar-refractivity contribution in [3.63, 3.8) is 0 Å². The van der Waals surface area contributed by atoms with Gasteiger partial charge in [0.1, 0.15) is 0 Å². The van der Waals surface area contributed by atoms with E-state index in [4.69, 9.17) is 0 Å². The summed E-state index contributed by atoms with van der Waals surface area (Å²) in [5.41, 5.74) is 3.03. The molecule has 140 valence electrons. The van der Waals surface area contributed by atoms with Gasteiger partial charge in [0.25, 0.3) is 5.91 Å². The molecule has 5 heteroatoms. The Hall–Kier alpha value is -3.36. The minimum Gasteiger partial charge on any atom is -0.391 e. The molecule has 2 aromatic carbocycles. The van der Waals surface area contributed by atoms with Crippen LogP contribution < -0.4 is 0 Å². The molecule has 0 saturated carbocycles. The number of hydrogen-bond donors (Lipinski definition) is 1. The van der Waals surface area contributed by atoms with Gasteiger partial charge < -0.3 is 10.0 Å². The summed E-state index contributed by atoms with van der Waals surface area (Å²) in [6, 6.07) is 17.1. The third kappa shape index (κ3) is 3.98. The fourth-order valence-corrected chi connectivity index (χ4v) is 3.36. The summed E-state index contributed by atoms with van der Waals surface area (Å²) in [6.45, 7) is 1.05. The van der Waals surface area contributed by atoms with Crippen LogP contribution in [0.4, 0.5) is 0 Å². The average molecular weight is 371 g/mol. The van der Waals surface area contributed by atoms with Crippen molar-refractivity contribution in [1.29, 1.82) is 0 Å². The Morgan fingerprint density at radius 3 is 2.71 bits per heavy atom. The number of amides is 1. The Kier molecular flexibility index (Phi) is 5.22. The molecule has 0 bridgehead atoms. The van der Waals surface area contributed by atoms with E-state index in [2.05, 4.69) is 16.9 Å². The molecule has 0 spiro atoms. The number of aliphatic hydroxyl groups excluding tert-OH is 1. The van der Waals surface area contributed by atoms with Gasteiger partial charge in [0, 0.05) is 36.6 Å². The Labute approximate surface area is 164 Å². The van der Waals surface area contributed by atoms with E-state index >= 15 is 0 Å². The number of piperidine rings is 1. The molecule has 1 saturated heterocycles. The second kappa shape index (κ2) is 8.12. The molecule has 1 unspecified atom stereocenters. The number of benzene rings is 2. The smallest absolute Gasteiger partial charge is 0.253 e. The lowest BCUT2D eigenvalue weighted by atomic mass is 10.0. The first-order valence-corrected chi connectivity index (χ1v) is 9.39. The number of aliphatic hydroxyl groups is 1. The van der Waals surface area contributed by atoms with Crippen LogP contribution in [0.5, 0.6) is 0 Å². The summed E-state index contributed by atoms with van der Waals surface area (Å²) in [5, 5.41) is 14.2. The molecule has 0 radical (unpaired) electrons. The lowest BCUT2D eigenvalue weighted by Crippen LogP contribution is -2.42. The van der Waals surface area contributed by atoms with Gasteiger partial charge in [-0.1, -0.05) is 30.0 Å². The van der Waals surface area contributed by atoms with E-state index in [1.54, 1.807) is 21.8 Å². The van der Waals surface area contributed by atoms with Gasteiger partial charge in [-0.05, 0) is 49.2 Å². The maximum absolute atomic E-state index is 12.9. The topological polar surface area (TPSA) is 58.4 Å². The van der Waals surface area contributed by atoms with E-state index in [1.807, 2.05) is 54.7 Å². The van der Waals surface area contributed by atoms with Gasteiger partial charge in [0.05, 0.1) is 17.4 Å². The predicted molar refractivity (Wildman–Crippen MR) is 107 cm³/mol. The van der Waals surface area contributed by atoms with Gasteiger partial charge in [0.2, 0.25) is 0 Å². The molecule has 28 heavy (non-hydrogen) atoms. The summed E-state index contributed by atoms with van der Waals surface area (Å²) >= 11 is 0. The second-order valence-electron chi connectivity index (χ2n) is 6.85. The number of β-amino-alcohol motifs (C(OH)–C–C–N with tert-alkyl or cyclic N) is 1. The van der Waals surface area contributed by atoms with Crippen molar-refractivity contribution in [2.24, 2.45) is 0 Å². The second-order valence-corrected chi connectivity index (χ2v) is 6.85. The number of rotatable bonds is 2. The van der Waals surface area contributed by atoms with Crippen molar-refractivity contribution in [2.75, 3.05) is 13.1 Å². The van der Waals surface area contributed by atoms with E-state index in [0.29, 0.717) is 18.7 Å². The van der Waals surface area contributed by atoms with E-state index in [0.717, 1.165) is 29.7 Å². The SMILES string of the molecule is O=C(c1ccc(-n2cccn2)c(C#Cc2ccccc2)c1)N1CCCC(O)C1. The van der Waals surface area contributed by atoms with Crippen LogP contribution in [-0.2, 0) is 0 Å². The first kappa shape index (κ1) is 18.0. The Morgan fingerprint density at radius 2 is 1.96 bits per heavy atom. The summed E-state index contributed by atoms with van der Waals surface area (Å²) in [6.07, 6.45) is 4.68. The van der Waals surface area contributed by atoms with Crippen LogP contribution in [0.1, 0.15) is 34.3 Å². The molecule has 1 N–H and O–H groups in total. The lowest BCUT2D eigenvalue weighted by molar-refractivity contribution is 0.0473. The highest BCUT2D eigenvalue weighted by Gasteiger charge is 2.23. The van der Waals surface area contributed by atoms with Crippen LogP contribution in [0.15, 0.2) is 67.0 Å². The standard InChI is InChI=1S/C23H21N3O2/c27-21-8-4-14-25(17-21)23(28)20-11-12-22(26-15-5-13-24-26)19(16-20)10-9-18-6-2-1-3-7-18/h1-3,5-7,11-13,15-16,21,27H,4,8,14,17H2. The van der Waals surface area contributed by atoms with E-state index in [-0.39, 0.29) is 5.91 Å². The summed E-state index contributed by atoms with van der Waals surface area (Å²) < 4.78 is 1.74. The molecule has 1 fully saturated rings. The zero-order chi connectivity index (χ0) is 19.3. The van der Waals surface area contributed by atoms with E-state index in [1.165, 1.54) is 0 Å². The summed E-state index contributed by atoms with van der Waals surface area (Å²) in [4.78, 5) is 14.6. The number of carbonyl (C=O) groups excluding carboxylic acids is 1. The summed E-state index contributed by atoms with van der Waals surface area (Å²) in [7, 11) is 0. The Morgan fingerprint density at radius 1 is 1.11 bits per heavy atom. The molecule has 0 aliphatic carbocycles. The molecule has 1 atom stereocenters. The molecule has 4 rings (SSSR count). The molecule has 1 aliphatic heterocycles. The number of hydrogen-bond acceptors (Lipinski definition) is 3. The minimum atomic E-state index is -0.446. The minimum absolute atomic E-state index is 0.0754. The fourth-order valence-electron chi connectivity index (χ4n) is 3.36. The van der Waals surface area contributed by atoms with Crippen molar-refractivity contribution in [2.45, 2.75) is 18.9 Å². The Balaban J connectivity index is 1.70. The van der Waals surface area contributed by atoms with Crippen LogP contribution in [0, 0.1) is 11.8 Å². The Bertz CT molecular complexity index is 1020. The van der Waals surface area contributed by atoms with E-state index < -0.39 is 6.10 Å². The van der Waals surface area contributed by atoms with Gasteiger partial charge in [-0.2, -0.15) is 5.10 Å². The van der Waals surface area contributed by atoms with Crippen LogP contribution in [0.2, 0.25) is 0 Å². The maximum Gasteiger partial charge on any atom is 0.253 e. The maximum atomic E-state index is 12.9. The average Bonchev–Trinajstić information content (AvgIpc) is 3.27. The molecule has 2 heterocycles. The van der Waals surface area contributed by atoms with Crippen molar-refractivity contribution < 1.29 is 9.90 Å². The first-order chi connectivity index (χ1) is 13.7. The molecule has 1 amide bonds. The van der Waals surface area contributed by atoms with Gasteiger partial charge in [-0.25, -0.2) is 4.68 Å². The predicted octanol–water partition coefficient (Wildman–Crippen LogP) is 2.87. The van der Waals surface area contributed by atoms with Crippen LogP contribution >= 0.6 is 0 Å². The highest BCUT2D eigenvalue weighted by atomic mass is 16.3. The molecule has 3 aromatic rings. The van der Waals surface area contributed by atoms with Crippen LogP contribution in [0.25, 0.3) is 5.69 Å². The first-order valence-electron chi connectivity index (χ1n) is 9.39. The van der Waals surface area contributed by atoms with Crippen molar-refractivity contribution >= 4 is 5.91 Å². The number of aromatic nitrogens is 2. The van der Waals surface area contributed by atoms with Gasteiger partial charge >= 0.3 is 0 Å². The zero-order valence-electron chi connectivity index (χ0n) is 15.5. The van der Waals surface area contributed by atoms with Gasteiger partial charge in [-0.3, -0.25) is 4.79 Å². The van der Waals surface area contributed by atoms with E-state index in [9.17, 15) is 9.90 Å². The van der Waals surface area contributed by atoms with Crippen molar-refractivity contribution in [3.8, 4) is 17.5 Å². The van der Waals surface area contributed by atoms with Crippen LogP contribution in [-0.4, -0.2) is 44.9 Å². The van der Waals surface area contributed by atoms with Crippen molar-refractivity contribution in [1.82, 2.24) is 14.7 Å². The molecule has 1 aliphatic rings. The number of nitrogens with zero attached hydrogens (tertiary/aromatic N) is 3. The van der Waals surface area contributed by atoms with Crippen molar-refractivity contribution in [3.05, 3.63) is 83.7 Å². The lowest BCUT2D eigenvalue weighted by Gasteiger charge is -2.30. The highest BCUT2D eigenvalue weighted by molar-refractivity contribution is 5.95. The fraction of sp³-hybridized carbons (Fsp3) is 0.217. The number of likely N-dealkylation sites (tertiary alicyclic amines) is 1. The molecular formula is C23H21N3O2. The van der Waals surface area contributed by atoms with Gasteiger partial charge in [0.15, 0.2) is 0 Å². The van der Waals surface area contributed by atoms with Gasteiger partial charge in [-0.15, -0.1) is 0 Å².